The molecule has 0 aliphatic heterocycles. The standard InChI is InChI=1S/C11H17N3O/c1-8-3-5-10(6-4-8)13-9(2)7-11(12)14-15/h3-6,9,13,15H,7H2,1-2H3,(H2,12,14). The van der Waals surface area contributed by atoms with E-state index in [1.54, 1.807) is 0 Å². The predicted molar refractivity (Wildman–Crippen MR) is 62.3 cm³/mol. The van der Waals surface area contributed by atoms with Crippen LogP contribution in [0.25, 0.3) is 0 Å². The van der Waals surface area contributed by atoms with Gasteiger partial charge in [0.1, 0.15) is 5.84 Å². The number of nitrogens with zero attached hydrogens (tertiary/aromatic N) is 1. The lowest BCUT2D eigenvalue weighted by Crippen LogP contribution is -2.24. The Morgan fingerprint density at radius 3 is 2.60 bits per heavy atom. The minimum absolute atomic E-state index is 0.142. The molecule has 1 aromatic rings. The highest BCUT2D eigenvalue weighted by atomic mass is 16.4. The van der Waals surface area contributed by atoms with Gasteiger partial charge in [-0.05, 0) is 26.0 Å². The van der Waals surface area contributed by atoms with Crippen molar-refractivity contribution in [3.05, 3.63) is 29.8 Å². The van der Waals surface area contributed by atoms with Crippen molar-refractivity contribution in [2.24, 2.45) is 10.9 Å². The van der Waals surface area contributed by atoms with Crippen LogP contribution in [0.1, 0.15) is 18.9 Å². The van der Waals surface area contributed by atoms with Gasteiger partial charge in [-0.3, -0.25) is 0 Å². The van der Waals surface area contributed by atoms with Gasteiger partial charge in [-0.25, -0.2) is 0 Å². The van der Waals surface area contributed by atoms with E-state index in [0.717, 1.165) is 5.69 Å². The van der Waals surface area contributed by atoms with Crippen molar-refractivity contribution in [2.75, 3.05) is 5.32 Å². The summed E-state index contributed by atoms with van der Waals surface area (Å²) in [6, 6.07) is 8.25. The summed E-state index contributed by atoms with van der Waals surface area (Å²) in [5.41, 5.74) is 7.68. The highest BCUT2D eigenvalue weighted by molar-refractivity contribution is 5.80. The van der Waals surface area contributed by atoms with Crippen molar-refractivity contribution in [1.82, 2.24) is 0 Å². The molecule has 0 aromatic heterocycles. The van der Waals surface area contributed by atoms with Crippen LogP contribution < -0.4 is 11.1 Å². The van der Waals surface area contributed by atoms with Gasteiger partial charge in [0, 0.05) is 18.2 Å². The highest BCUT2D eigenvalue weighted by Crippen LogP contribution is 2.10. The van der Waals surface area contributed by atoms with Gasteiger partial charge < -0.3 is 16.3 Å². The fourth-order valence-corrected chi connectivity index (χ4v) is 1.34. The van der Waals surface area contributed by atoms with Crippen molar-refractivity contribution in [1.29, 1.82) is 0 Å². The maximum absolute atomic E-state index is 8.42. The zero-order valence-electron chi connectivity index (χ0n) is 9.07. The molecule has 0 heterocycles. The van der Waals surface area contributed by atoms with Crippen molar-refractivity contribution in [3.8, 4) is 0 Å². The number of nitrogens with one attached hydrogen (secondary N) is 1. The topological polar surface area (TPSA) is 70.6 Å². The van der Waals surface area contributed by atoms with Crippen LogP contribution >= 0.6 is 0 Å². The summed E-state index contributed by atoms with van der Waals surface area (Å²) in [5, 5.41) is 14.6. The van der Waals surface area contributed by atoms with Gasteiger partial charge in [-0.1, -0.05) is 22.9 Å². The van der Waals surface area contributed by atoms with Crippen molar-refractivity contribution < 1.29 is 5.21 Å². The summed E-state index contributed by atoms with van der Waals surface area (Å²) in [5.74, 6) is 0.238. The number of amidine groups is 1. The number of rotatable bonds is 4. The number of anilines is 1. The smallest absolute Gasteiger partial charge is 0.141 e. The van der Waals surface area contributed by atoms with Crippen LogP contribution in [0.4, 0.5) is 5.69 Å². The lowest BCUT2D eigenvalue weighted by Gasteiger charge is -2.14. The summed E-state index contributed by atoms with van der Waals surface area (Å²) in [6.45, 7) is 4.03. The number of aryl methyl sites for hydroxylation is 1. The van der Waals surface area contributed by atoms with E-state index >= 15 is 0 Å². The molecule has 0 aliphatic rings. The maximum Gasteiger partial charge on any atom is 0.141 e. The zero-order valence-corrected chi connectivity index (χ0v) is 9.07. The van der Waals surface area contributed by atoms with Crippen molar-refractivity contribution in [2.45, 2.75) is 26.3 Å². The molecule has 0 aliphatic carbocycles. The second kappa shape index (κ2) is 5.24. The summed E-state index contributed by atoms with van der Waals surface area (Å²) in [7, 11) is 0. The van der Waals surface area contributed by atoms with Gasteiger partial charge in [0.25, 0.3) is 0 Å². The van der Waals surface area contributed by atoms with Crippen LogP contribution in [-0.2, 0) is 0 Å². The second-order valence-electron chi connectivity index (χ2n) is 3.71. The van der Waals surface area contributed by atoms with Crippen LogP contribution in [0.2, 0.25) is 0 Å². The van der Waals surface area contributed by atoms with Crippen LogP contribution in [-0.4, -0.2) is 17.1 Å². The average Bonchev–Trinajstić information content (AvgIpc) is 2.21. The van der Waals surface area contributed by atoms with Crippen LogP contribution in [0.5, 0.6) is 0 Å². The molecule has 82 valence electrons. The fraction of sp³-hybridized carbons (Fsp3) is 0.364. The average molecular weight is 207 g/mol. The number of hydrogen-bond donors (Lipinski definition) is 3. The highest BCUT2D eigenvalue weighted by Gasteiger charge is 2.04. The Labute approximate surface area is 89.8 Å². The first kappa shape index (κ1) is 11.4. The SMILES string of the molecule is Cc1ccc(NC(C)CC(N)=NO)cc1. The molecule has 1 atom stereocenters. The summed E-state index contributed by atoms with van der Waals surface area (Å²) >= 11 is 0. The van der Waals surface area contributed by atoms with E-state index in [0.29, 0.717) is 6.42 Å². The molecule has 0 amide bonds. The number of nitrogens with two attached hydrogens (primary N) is 1. The van der Waals surface area contributed by atoms with Gasteiger partial charge in [0.2, 0.25) is 0 Å². The minimum atomic E-state index is 0.142. The molecule has 0 bridgehead atoms. The summed E-state index contributed by atoms with van der Waals surface area (Å²) in [4.78, 5) is 0. The van der Waals surface area contributed by atoms with Crippen LogP contribution in [0, 0.1) is 6.92 Å². The zero-order chi connectivity index (χ0) is 11.3. The minimum Gasteiger partial charge on any atom is -0.409 e. The Kier molecular flexibility index (Phi) is 3.97. The van der Waals surface area contributed by atoms with Gasteiger partial charge in [-0.2, -0.15) is 0 Å². The van der Waals surface area contributed by atoms with E-state index in [2.05, 4.69) is 10.5 Å². The quantitative estimate of drug-likeness (QED) is 0.306. The predicted octanol–water partition coefficient (Wildman–Crippen LogP) is 1.93. The largest absolute Gasteiger partial charge is 0.409 e. The van der Waals surface area contributed by atoms with E-state index < -0.39 is 0 Å². The van der Waals surface area contributed by atoms with Crippen molar-refractivity contribution in [3.63, 3.8) is 0 Å². The van der Waals surface area contributed by atoms with E-state index in [9.17, 15) is 0 Å². The number of hydrogen-bond acceptors (Lipinski definition) is 3. The molecule has 1 unspecified atom stereocenters. The normalized spacial score (nSPS) is 13.6. The Balaban J connectivity index is 2.51. The third-order valence-electron chi connectivity index (χ3n) is 2.11. The molecule has 0 saturated carbocycles. The molecule has 1 rings (SSSR count). The first-order chi connectivity index (χ1) is 7.11. The molecule has 0 fully saturated rings. The van der Waals surface area contributed by atoms with Gasteiger partial charge in [0.05, 0.1) is 0 Å². The molecule has 15 heavy (non-hydrogen) atoms. The van der Waals surface area contributed by atoms with Crippen LogP contribution in [0.3, 0.4) is 0 Å². The Morgan fingerprint density at radius 2 is 2.07 bits per heavy atom. The van der Waals surface area contributed by atoms with E-state index in [-0.39, 0.29) is 11.9 Å². The van der Waals surface area contributed by atoms with Gasteiger partial charge in [-0.15, -0.1) is 0 Å². The first-order valence-electron chi connectivity index (χ1n) is 4.91. The third-order valence-corrected chi connectivity index (χ3v) is 2.11. The van der Waals surface area contributed by atoms with E-state index in [4.69, 9.17) is 10.9 Å². The summed E-state index contributed by atoms with van der Waals surface area (Å²) in [6.07, 6.45) is 0.518. The Morgan fingerprint density at radius 1 is 1.47 bits per heavy atom. The third kappa shape index (κ3) is 3.89. The molecule has 1 aromatic carbocycles. The number of oxime groups is 1. The molecule has 4 heteroatoms. The molecule has 0 radical (unpaired) electrons. The van der Waals surface area contributed by atoms with Crippen molar-refractivity contribution >= 4 is 11.5 Å². The monoisotopic (exact) mass is 207 g/mol. The first-order valence-corrected chi connectivity index (χ1v) is 4.91. The second-order valence-corrected chi connectivity index (χ2v) is 3.71. The maximum atomic E-state index is 8.42. The number of benzene rings is 1. The molecular weight excluding hydrogens is 190 g/mol. The fourth-order valence-electron chi connectivity index (χ4n) is 1.34. The molecular formula is C11H17N3O. The lowest BCUT2D eigenvalue weighted by atomic mass is 10.2. The van der Waals surface area contributed by atoms with E-state index in [1.165, 1.54) is 5.56 Å². The molecule has 4 N–H and O–H groups in total. The van der Waals surface area contributed by atoms with Gasteiger partial charge in [0.15, 0.2) is 0 Å². The molecule has 0 spiro atoms. The van der Waals surface area contributed by atoms with E-state index in [1.807, 2.05) is 38.1 Å². The van der Waals surface area contributed by atoms with Gasteiger partial charge >= 0.3 is 0 Å². The molecule has 0 saturated heterocycles. The molecule has 4 nitrogen and oxygen atoms in total. The summed E-state index contributed by atoms with van der Waals surface area (Å²) < 4.78 is 0. The van der Waals surface area contributed by atoms with Crippen LogP contribution in [0.15, 0.2) is 29.4 Å². The lowest BCUT2D eigenvalue weighted by molar-refractivity contribution is 0.316. The Bertz CT molecular complexity index is 332. The Hall–Kier alpha value is -1.71.